The number of ether oxygens (including phenoxy) is 1. The van der Waals surface area contributed by atoms with E-state index in [1.807, 2.05) is 0 Å². The van der Waals surface area contributed by atoms with Crippen LogP contribution in [0.25, 0.3) is 0 Å². The Labute approximate surface area is 124 Å². The van der Waals surface area contributed by atoms with Crippen molar-refractivity contribution in [2.24, 2.45) is 0 Å². The Morgan fingerprint density at radius 2 is 2.20 bits per heavy atom. The quantitative estimate of drug-likeness (QED) is 0.867. The van der Waals surface area contributed by atoms with Crippen LogP contribution in [0.4, 0.5) is 0 Å². The van der Waals surface area contributed by atoms with Gasteiger partial charge >= 0.3 is 5.97 Å². The van der Waals surface area contributed by atoms with Crippen LogP contribution in [0.1, 0.15) is 16.8 Å². The number of hydrogen-bond donors (Lipinski definition) is 2. The second-order valence-corrected chi connectivity index (χ2v) is 5.42. The van der Waals surface area contributed by atoms with Crippen LogP contribution in [0.2, 0.25) is 0 Å². The van der Waals surface area contributed by atoms with Crippen molar-refractivity contribution < 1.29 is 24.5 Å². The largest absolute Gasteiger partial charge is 0.507 e. The molecule has 2 rings (SSSR count). The number of carboxylic acids is 1. The molecule has 0 bridgehead atoms. The highest BCUT2D eigenvalue weighted by Gasteiger charge is 2.27. The van der Waals surface area contributed by atoms with Gasteiger partial charge in [0, 0.05) is 17.6 Å². The first-order valence-electron chi connectivity index (χ1n) is 6.08. The molecule has 0 spiro atoms. The van der Waals surface area contributed by atoms with E-state index in [0.29, 0.717) is 17.6 Å². The zero-order valence-electron chi connectivity index (χ0n) is 10.6. The van der Waals surface area contributed by atoms with Crippen LogP contribution in [0.3, 0.4) is 0 Å². The van der Waals surface area contributed by atoms with Crippen molar-refractivity contribution in [3.63, 3.8) is 0 Å². The van der Waals surface area contributed by atoms with Gasteiger partial charge in [0.05, 0.1) is 24.7 Å². The number of nitrogens with zero attached hydrogens (tertiary/aromatic N) is 1. The van der Waals surface area contributed by atoms with Gasteiger partial charge in [-0.25, -0.2) is 0 Å². The Hall–Kier alpha value is -1.60. The second kappa shape index (κ2) is 6.23. The average Bonchev–Trinajstić information content (AvgIpc) is 2.37. The van der Waals surface area contributed by atoms with E-state index in [2.05, 4.69) is 15.9 Å². The normalized spacial score (nSPS) is 18.9. The first kappa shape index (κ1) is 14.8. The summed E-state index contributed by atoms with van der Waals surface area (Å²) in [6.45, 7) is 0.881. The van der Waals surface area contributed by atoms with Crippen LogP contribution in [0.15, 0.2) is 22.7 Å². The minimum Gasteiger partial charge on any atom is -0.507 e. The molecule has 1 aromatic rings. The Kier molecular flexibility index (Phi) is 4.61. The van der Waals surface area contributed by atoms with Gasteiger partial charge in [-0.05, 0) is 18.2 Å². The van der Waals surface area contributed by atoms with Gasteiger partial charge in [0.1, 0.15) is 5.75 Å². The summed E-state index contributed by atoms with van der Waals surface area (Å²) < 4.78 is 5.99. The molecule has 6 nitrogen and oxygen atoms in total. The predicted molar refractivity (Wildman–Crippen MR) is 73.7 cm³/mol. The zero-order chi connectivity index (χ0) is 14.7. The average molecular weight is 344 g/mol. The van der Waals surface area contributed by atoms with Gasteiger partial charge in [-0.15, -0.1) is 0 Å². The minimum absolute atomic E-state index is 0.106. The fourth-order valence-electron chi connectivity index (χ4n) is 2.08. The molecule has 1 fully saturated rings. The maximum absolute atomic E-state index is 12.3. The number of carboxylic acid groups (broad SMARTS) is 1. The third-order valence-corrected chi connectivity index (χ3v) is 3.51. The molecule has 1 aliphatic heterocycles. The monoisotopic (exact) mass is 343 g/mol. The number of halogens is 1. The summed E-state index contributed by atoms with van der Waals surface area (Å²) in [6.07, 6.45) is -0.654. The number of carbonyl (C=O) groups is 2. The molecule has 108 valence electrons. The Balaban J connectivity index is 2.10. The molecule has 1 aliphatic rings. The Morgan fingerprint density at radius 3 is 2.85 bits per heavy atom. The van der Waals surface area contributed by atoms with E-state index in [1.165, 1.54) is 17.0 Å². The topological polar surface area (TPSA) is 87.1 Å². The molecule has 7 heteroatoms. The van der Waals surface area contributed by atoms with Crippen molar-refractivity contribution in [2.45, 2.75) is 12.5 Å². The third kappa shape index (κ3) is 3.49. The molecular weight excluding hydrogens is 330 g/mol. The lowest BCUT2D eigenvalue weighted by molar-refractivity contribution is -0.141. The lowest BCUT2D eigenvalue weighted by Crippen LogP contribution is -2.46. The first-order valence-corrected chi connectivity index (χ1v) is 6.88. The van der Waals surface area contributed by atoms with Gasteiger partial charge < -0.3 is 19.8 Å². The van der Waals surface area contributed by atoms with Crippen molar-refractivity contribution in [3.8, 4) is 5.75 Å². The molecule has 0 saturated carbocycles. The number of aromatic hydroxyl groups is 1. The van der Waals surface area contributed by atoms with Gasteiger partial charge in [-0.2, -0.15) is 0 Å². The van der Waals surface area contributed by atoms with E-state index in [9.17, 15) is 14.7 Å². The standard InChI is InChI=1S/C13H14BrNO5/c14-8-1-2-10(11(16)5-8)13(19)15-3-4-20-9(7-15)6-12(17)18/h1-2,5,9,16H,3-4,6-7H2,(H,17,18). The highest BCUT2D eigenvalue weighted by molar-refractivity contribution is 9.10. The predicted octanol–water partition coefficient (Wildman–Crippen LogP) is 1.47. The summed E-state index contributed by atoms with van der Waals surface area (Å²) in [5, 5.41) is 18.6. The summed E-state index contributed by atoms with van der Waals surface area (Å²) in [6, 6.07) is 4.65. The molecule has 0 aromatic heterocycles. The van der Waals surface area contributed by atoms with Crippen molar-refractivity contribution in [1.29, 1.82) is 0 Å². The SMILES string of the molecule is O=C(O)CC1CN(C(=O)c2ccc(Br)cc2O)CCO1. The smallest absolute Gasteiger partial charge is 0.306 e. The van der Waals surface area contributed by atoms with E-state index in [4.69, 9.17) is 9.84 Å². The molecule has 20 heavy (non-hydrogen) atoms. The van der Waals surface area contributed by atoms with E-state index >= 15 is 0 Å². The van der Waals surface area contributed by atoms with Crippen LogP contribution in [-0.4, -0.2) is 52.8 Å². The number of benzene rings is 1. The number of phenols is 1. The van der Waals surface area contributed by atoms with E-state index in [0.717, 1.165) is 0 Å². The fourth-order valence-corrected chi connectivity index (χ4v) is 2.43. The minimum atomic E-state index is -0.962. The first-order chi connectivity index (χ1) is 9.47. The summed E-state index contributed by atoms with van der Waals surface area (Å²) >= 11 is 3.21. The maximum atomic E-state index is 12.3. The second-order valence-electron chi connectivity index (χ2n) is 4.50. The maximum Gasteiger partial charge on any atom is 0.306 e. The summed E-state index contributed by atoms with van der Waals surface area (Å²) in [7, 11) is 0. The van der Waals surface area contributed by atoms with Crippen molar-refractivity contribution in [2.75, 3.05) is 19.7 Å². The molecular formula is C13H14BrNO5. The lowest BCUT2D eigenvalue weighted by Gasteiger charge is -2.32. The number of phenolic OH excluding ortho intramolecular Hbond substituents is 1. The van der Waals surface area contributed by atoms with Crippen LogP contribution < -0.4 is 0 Å². The van der Waals surface area contributed by atoms with Crippen LogP contribution >= 0.6 is 15.9 Å². The van der Waals surface area contributed by atoms with Crippen molar-refractivity contribution in [3.05, 3.63) is 28.2 Å². The molecule has 0 radical (unpaired) electrons. The molecule has 0 aliphatic carbocycles. The van der Waals surface area contributed by atoms with E-state index in [1.54, 1.807) is 6.07 Å². The highest BCUT2D eigenvalue weighted by atomic mass is 79.9. The van der Waals surface area contributed by atoms with Crippen molar-refractivity contribution in [1.82, 2.24) is 4.90 Å². The number of hydrogen-bond acceptors (Lipinski definition) is 4. The Morgan fingerprint density at radius 1 is 1.45 bits per heavy atom. The number of amides is 1. The fraction of sp³-hybridized carbons (Fsp3) is 0.385. The van der Waals surface area contributed by atoms with Crippen LogP contribution in [0, 0.1) is 0 Å². The molecule has 2 N–H and O–H groups in total. The molecule has 1 amide bonds. The molecule has 1 atom stereocenters. The molecule has 1 aromatic carbocycles. The molecule has 1 heterocycles. The van der Waals surface area contributed by atoms with Crippen molar-refractivity contribution >= 4 is 27.8 Å². The molecule has 1 saturated heterocycles. The highest BCUT2D eigenvalue weighted by Crippen LogP contribution is 2.24. The van der Waals surface area contributed by atoms with Crippen LogP contribution in [-0.2, 0) is 9.53 Å². The Bertz CT molecular complexity index is 533. The van der Waals surface area contributed by atoms with Gasteiger partial charge in [0.25, 0.3) is 5.91 Å². The number of aliphatic carboxylic acids is 1. The van der Waals surface area contributed by atoms with Gasteiger partial charge in [-0.1, -0.05) is 15.9 Å². The summed E-state index contributed by atoms with van der Waals surface area (Å²) in [5.41, 5.74) is 0.198. The lowest BCUT2D eigenvalue weighted by atomic mass is 10.1. The van der Waals surface area contributed by atoms with E-state index in [-0.39, 0.29) is 30.2 Å². The van der Waals surface area contributed by atoms with Gasteiger partial charge in [-0.3, -0.25) is 9.59 Å². The number of morpholine rings is 1. The third-order valence-electron chi connectivity index (χ3n) is 3.02. The van der Waals surface area contributed by atoms with Gasteiger partial charge in [0.2, 0.25) is 0 Å². The summed E-state index contributed by atoms with van der Waals surface area (Å²) in [4.78, 5) is 24.5. The zero-order valence-corrected chi connectivity index (χ0v) is 12.2. The van der Waals surface area contributed by atoms with Gasteiger partial charge in [0.15, 0.2) is 0 Å². The number of carbonyl (C=O) groups excluding carboxylic acids is 1. The molecule has 1 unspecified atom stereocenters. The number of rotatable bonds is 3. The van der Waals surface area contributed by atoms with E-state index < -0.39 is 12.1 Å². The summed E-state index contributed by atoms with van der Waals surface area (Å²) in [5.74, 6) is -1.39. The van der Waals surface area contributed by atoms with Crippen LogP contribution in [0.5, 0.6) is 5.75 Å².